The Balaban J connectivity index is 1.54. The summed E-state index contributed by atoms with van der Waals surface area (Å²) in [6.07, 6.45) is 6.73. The lowest BCUT2D eigenvalue weighted by atomic mass is 10.1. The van der Waals surface area contributed by atoms with E-state index in [2.05, 4.69) is 19.9 Å². The van der Waals surface area contributed by atoms with E-state index in [-0.39, 0.29) is 0 Å². The van der Waals surface area contributed by atoms with Crippen molar-refractivity contribution in [3.05, 3.63) is 78.3 Å². The van der Waals surface area contributed by atoms with Gasteiger partial charge in [0.15, 0.2) is 0 Å². The Morgan fingerprint density at radius 1 is 1.00 bits per heavy atom. The molecule has 7 heteroatoms. The van der Waals surface area contributed by atoms with Gasteiger partial charge in [-0.1, -0.05) is 0 Å². The van der Waals surface area contributed by atoms with Crippen molar-refractivity contribution in [2.45, 2.75) is 13.5 Å². The van der Waals surface area contributed by atoms with E-state index in [0.29, 0.717) is 29.5 Å². The first-order valence-corrected chi connectivity index (χ1v) is 9.01. The zero-order valence-electron chi connectivity index (χ0n) is 16.0. The first-order chi connectivity index (χ1) is 14.1. The number of imidazole rings is 1. The first kappa shape index (κ1) is 18.6. The van der Waals surface area contributed by atoms with Crippen LogP contribution in [0.3, 0.4) is 0 Å². The molecule has 0 atom stereocenters. The maximum atomic E-state index is 13.0. The van der Waals surface area contributed by atoms with E-state index in [9.17, 15) is 4.39 Å². The van der Waals surface area contributed by atoms with Gasteiger partial charge in [0.1, 0.15) is 23.9 Å². The van der Waals surface area contributed by atoms with E-state index in [0.717, 1.165) is 22.4 Å². The standard InChI is InChI=1S/C22H19FN4O2/c1-14-7-15(10-24-9-14)13-29-17-4-5-18(20(8-17)28-2)19-12-26-22(27-19)16-3-6-21(23)25-11-16/h3-12H,13H2,1-2H3,(H,26,27). The third kappa shape index (κ3) is 4.24. The van der Waals surface area contributed by atoms with E-state index >= 15 is 0 Å². The predicted molar refractivity (Wildman–Crippen MR) is 107 cm³/mol. The lowest BCUT2D eigenvalue weighted by molar-refractivity contribution is 0.303. The van der Waals surface area contributed by atoms with Crippen LogP contribution in [0, 0.1) is 12.9 Å². The third-order valence-electron chi connectivity index (χ3n) is 4.38. The molecule has 6 nitrogen and oxygen atoms in total. The SMILES string of the molecule is COc1cc(OCc2cncc(C)c2)ccc1-c1cnc(-c2ccc(F)nc2)[nH]1. The molecule has 0 fully saturated rings. The summed E-state index contributed by atoms with van der Waals surface area (Å²) in [7, 11) is 1.61. The molecule has 0 aliphatic heterocycles. The van der Waals surface area contributed by atoms with Crippen LogP contribution < -0.4 is 9.47 Å². The maximum Gasteiger partial charge on any atom is 0.212 e. The number of nitrogens with one attached hydrogen (secondary N) is 1. The molecule has 0 saturated carbocycles. The molecule has 0 amide bonds. The summed E-state index contributed by atoms with van der Waals surface area (Å²) >= 11 is 0. The maximum absolute atomic E-state index is 13.0. The van der Waals surface area contributed by atoms with Crippen LogP contribution in [0.2, 0.25) is 0 Å². The summed E-state index contributed by atoms with van der Waals surface area (Å²) in [6.45, 7) is 2.41. The number of methoxy groups -OCH3 is 1. The quantitative estimate of drug-likeness (QED) is 0.488. The fourth-order valence-electron chi connectivity index (χ4n) is 2.97. The molecule has 0 radical (unpaired) electrons. The van der Waals surface area contributed by atoms with Crippen LogP contribution in [-0.2, 0) is 6.61 Å². The predicted octanol–water partition coefficient (Wildman–Crippen LogP) is 4.57. The van der Waals surface area contributed by atoms with Crippen LogP contribution >= 0.6 is 0 Å². The number of rotatable bonds is 6. The molecular formula is C22H19FN4O2. The van der Waals surface area contributed by atoms with Gasteiger partial charge in [-0.15, -0.1) is 0 Å². The summed E-state index contributed by atoms with van der Waals surface area (Å²) in [5.74, 6) is 1.41. The second-order valence-electron chi connectivity index (χ2n) is 6.54. The van der Waals surface area contributed by atoms with Gasteiger partial charge in [0.2, 0.25) is 5.95 Å². The van der Waals surface area contributed by atoms with Crippen LogP contribution in [0.25, 0.3) is 22.6 Å². The first-order valence-electron chi connectivity index (χ1n) is 9.01. The molecule has 3 heterocycles. The average molecular weight is 390 g/mol. The largest absolute Gasteiger partial charge is 0.496 e. The average Bonchev–Trinajstić information content (AvgIpc) is 3.22. The van der Waals surface area contributed by atoms with Gasteiger partial charge in [0, 0.05) is 41.3 Å². The second-order valence-corrected chi connectivity index (χ2v) is 6.54. The van der Waals surface area contributed by atoms with Gasteiger partial charge < -0.3 is 14.5 Å². The zero-order chi connectivity index (χ0) is 20.2. The number of aromatic amines is 1. The minimum atomic E-state index is -0.528. The summed E-state index contributed by atoms with van der Waals surface area (Å²) in [5.41, 5.74) is 4.40. The number of hydrogen-bond donors (Lipinski definition) is 1. The van der Waals surface area contributed by atoms with Crippen molar-refractivity contribution in [3.63, 3.8) is 0 Å². The number of pyridine rings is 2. The zero-order valence-corrected chi connectivity index (χ0v) is 16.0. The Labute approximate surface area is 167 Å². The topological polar surface area (TPSA) is 72.9 Å². The molecule has 4 rings (SSSR count). The smallest absolute Gasteiger partial charge is 0.212 e. The molecule has 4 aromatic rings. The molecule has 3 aromatic heterocycles. The van der Waals surface area contributed by atoms with Crippen molar-refractivity contribution in [1.29, 1.82) is 0 Å². The lowest BCUT2D eigenvalue weighted by Crippen LogP contribution is -1.97. The number of aryl methyl sites for hydroxylation is 1. The van der Waals surface area contributed by atoms with Crippen molar-refractivity contribution in [1.82, 2.24) is 19.9 Å². The van der Waals surface area contributed by atoms with Crippen molar-refractivity contribution in [3.8, 4) is 34.1 Å². The molecule has 0 unspecified atom stereocenters. The summed E-state index contributed by atoms with van der Waals surface area (Å²) in [6, 6.07) is 10.6. The highest BCUT2D eigenvalue weighted by molar-refractivity contribution is 5.70. The number of ether oxygens (including phenoxy) is 2. The molecule has 0 spiro atoms. The van der Waals surface area contributed by atoms with Crippen molar-refractivity contribution < 1.29 is 13.9 Å². The highest BCUT2D eigenvalue weighted by atomic mass is 19.1. The van der Waals surface area contributed by atoms with Gasteiger partial charge in [-0.3, -0.25) is 4.98 Å². The van der Waals surface area contributed by atoms with Gasteiger partial charge in [-0.05, 0) is 42.8 Å². The van der Waals surface area contributed by atoms with E-state index < -0.39 is 5.95 Å². The van der Waals surface area contributed by atoms with Crippen molar-refractivity contribution >= 4 is 0 Å². The van der Waals surface area contributed by atoms with Crippen LogP contribution in [0.15, 0.2) is 61.2 Å². The van der Waals surface area contributed by atoms with Gasteiger partial charge in [0.25, 0.3) is 0 Å². The highest BCUT2D eigenvalue weighted by Gasteiger charge is 2.12. The van der Waals surface area contributed by atoms with Gasteiger partial charge in [0.05, 0.1) is 19.0 Å². The molecule has 146 valence electrons. The summed E-state index contributed by atoms with van der Waals surface area (Å²) in [4.78, 5) is 15.4. The number of nitrogens with zero attached hydrogens (tertiary/aromatic N) is 3. The van der Waals surface area contributed by atoms with Crippen LogP contribution in [0.1, 0.15) is 11.1 Å². The molecule has 0 saturated heterocycles. The van der Waals surface area contributed by atoms with Crippen molar-refractivity contribution in [2.75, 3.05) is 7.11 Å². The van der Waals surface area contributed by atoms with E-state index in [1.165, 1.54) is 12.3 Å². The number of halogens is 1. The lowest BCUT2D eigenvalue weighted by Gasteiger charge is -2.11. The Kier molecular flexibility index (Phi) is 5.20. The molecule has 29 heavy (non-hydrogen) atoms. The summed E-state index contributed by atoms with van der Waals surface area (Å²) < 4.78 is 24.4. The minimum Gasteiger partial charge on any atom is -0.496 e. The molecule has 0 aliphatic carbocycles. The normalized spacial score (nSPS) is 10.7. The number of aromatic nitrogens is 4. The van der Waals surface area contributed by atoms with E-state index in [1.54, 1.807) is 25.6 Å². The molecular weight excluding hydrogens is 371 g/mol. The van der Waals surface area contributed by atoms with E-state index in [4.69, 9.17) is 9.47 Å². The molecule has 0 bridgehead atoms. The molecule has 1 aromatic carbocycles. The Hall–Kier alpha value is -3.74. The van der Waals surface area contributed by atoms with Crippen molar-refractivity contribution in [2.24, 2.45) is 0 Å². The Morgan fingerprint density at radius 3 is 2.66 bits per heavy atom. The Morgan fingerprint density at radius 2 is 1.90 bits per heavy atom. The third-order valence-corrected chi connectivity index (χ3v) is 4.38. The fourth-order valence-corrected chi connectivity index (χ4v) is 2.97. The monoisotopic (exact) mass is 390 g/mol. The van der Waals surface area contributed by atoms with Gasteiger partial charge in [-0.25, -0.2) is 9.97 Å². The second kappa shape index (κ2) is 8.10. The minimum absolute atomic E-state index is 0.420. The van der Waals surface area contributed by atoms with Gasteiger partial charge in [-0.2, -0.15) is 4.39 Å². The summed E-state index contributed by atoms with van der Waals surface area (Å²) in [5, 5.41) is 0. The van der Waals surface area contributed by atoms with E-state index in [1.807, 2.05) is 37.4 Å². The van der Waals surface area contributed by atoms with Crippen LogP contribution in [0.4, 0.5) is 4.39 Å². The Bertz CT molecular complexity index is 1130. The molecule has 1 N–H and O–H groups in total. The van der Waals surface area contributed by atoms with Crippen LogP contribution in [-0.4, -0.2) is 27.0 Å². The number of benzene rings is 1. The van der Waals surface area contributed by atoms with Crippen LogP contribution in [0.5, 0.6) is 11.5 Å². The highest BCUT2D eigenvalue weighted by Crippen LogP contribution is 2.33. The van der Waals surface area contributed by atoms with Gasteiger partial charge >= 0.3 is 0 Å². The number of hydrogen-bond acceptors (Lipinski definition) is 5. The molecule has 0 aliphatic rings. The fraction of sp³-hybridized carbons (Fsp3) is 0.136. The number of H-pyrrole nitrogens is 1.